The minimum absolute atomic E-state index is 0.186. The second-order valence-corrected chi connectivity index (χ2v) is 10.2. The average molecular weight is 627 g/mol. The van der Waals surface area contributed by atoms with Crippen LogP contribution in [0.5, 0.6) is 17.2 Å². The highest BCUT2D eigenvalue weighted by atomic mass is 79.9. The summed E-state index contributed by atoms with van der Waals surface area (Å²) in [5.41, 5.74) is 2.52. The first-order valence-corrected chi connectivity index (χ1v) is 14.0. The summed E-state index contributed by atoms with van der Waals surface area (Å²) in [7, 11) is 0. The summed E-state index contributed by atoms with van der Waals surface area (Å²) in [6, 6.07) is 28.3. The summed E-state index contributed by atoms with van der Waals surface area (Å²) in [5, 5.41) is 2.25. The lowest BCUT2D eigenvalue weighted by Gasteiger charge is -2.26. The van der Waals surface area contributed by atoms with Crippen LogP contribution in [0.3, 0.4) is 0 Å². The Morgan fingerprint density at radius 3 is 2.14 bits per heavy atom. The smallest absolute Gasteiger partial charge is 0.335 e. The van der Waals surface area contributed by atoms with E-state index in [1.54, 1.807) is 48.5 Å². The number of hydrogen-bond acceptors (Lipinski definition) is 6. The quantitative estimate of drug-likeness (QED) is 0.156. The van der Waals surface area contributed by atoms with Crippen molar-refractivity contribution in [2.45, 2.75) is 20.1 Å². The molecule has 1 N–H and O–H groups in total. The molecular weight excluding hydrogens is 600 g/mol. The van der Waals surface area contributed by atoms with E-state index < -0.39 is 17.8 Å². The Morgan fingerprint density at radius 1 is 0.738 bits per heavy atom. The second-order valence-electron chi connectivity index (χ2n) is 9.25. The molecule has 4 aromatic rings. The van der Waals surface area contributed by atoms with Crippen LogP contribution in [0.2, 0.25) is 0 Å². The van der Waals surface area contributed by atoms with Gasteiger partial charge in [-0.25, -0.2) is 9.69 Å². The van der Waals surface area contributed by atoms with E-state index >= 15 is 0 Å². The summed E-state index contributed by atoms with van der Waals surface area (Å²) in [4.78, 5) is 39.5. The van der Waals surface area contributed by atoms with Crippen molar-refractivity contribution < 1.29 is 28.6 Å². The fourth-order valence-corrected chi connectivity index (χ4v) is 4.69. The van der Waals surface area contributed by atoms with Crippen LogP contribution in [0.15, 0.2) is 107 Å². The lowest BCUT2D eigenvalue weighted by Crippen LogP contribution is -2.54. The topological polar surface area (TPSA) is 94.2 Å². The van der Waals surface area contributed by atoms with Crippen molar-refractivity contribution in [1.82, 2.24) is 5.32 Å². The Kier molecular flexibility index (Phi) is 8.99. The van der Waals surface area contributed by atoms with E-state index in [0.717, 1.165) is 20.5 Å². The minimum Gasteiger partial charge on any atom is -0.490 e. The lowest BCUT2D eigenvalue weighted by atomic mass is 10.1. The van der Waals surface area contributed by atoms with Crippen LogP contribution in [0, 0.1) is 0 Å². The molecule has 1 heterocycles. The third kappa shape index (κ3) is 6.70. The minimum atomic E-state index is -0.805. The third-order valence-electron chi connectivity index (χ3n) is 6.33. The number of nitrogens with zero attached hydrogens (tertiary/aromatic N) is 1. The first-order chi connectivity index (χ1) is 20.4. The monoisotopic (exact) mass is 626 g/mol. The van der Waals surface area contributed by atoms with Crippen LogP contribution in [-0.2, 0) is 22.8 Å². The highest BCUT2D eigenvalue weighted by Crippen LogP contribution is 2.32. The Hall–Kier alpha value is -4.89. The van der Waals surface area contributed by atoms with Gasteiger partial charge >= 0.3 is 6.03 Å². The third-order valence-corrected chi connectivity index (χ3v) is 6.82. The molecule has 1 aliphatic rings. The van der Waals surface area contributed by atoms with Crippen LogP contribution in [-0.4, -0.2) is 24.5 Å². The molecule has 4 aromatic carbocycles. The number of nitrogens with one attached hydrogen (secondary N) is 1. The number of urea groups is 1. The number of hydrogen-bond donors (Lipinski definition) is 1. The number of carbonyl (C=O) groups excluding carboxylic acids is 3. The number of ether oxygens (including phenoxy) is 3. The molecule has 8 nitrogen and oxygen atoms in total. The molecule has 0 spiro atoms. The zero-order chi connectivity index (χ0) is 29.5. The van der Waals surface area contributed by atoms with Gasteiger partial charge in [0.05, 0.1) is 12.3 Å². The zero-order valence-corrected chi connectivity index (χ0v) is 24.3. The maximum absolute atomic E-state index is 13.3. The fraction of sp³-hybridized carbons (Fsp3) is 0.121. The normalized spacial score (nSPS) is 14.1. The van der Waals surface area contributed by atoms with Gasteiger partial charge in [0.15, 0.2) is 11.5 Å². The highest BCUT2D eigenvalue weighted by molar-refractivity contribution is 9.10. The van der Waals surface area contributed by atoms with Crippen molar-refractivity contribution in [2.75, 3.05) is 11.5 Å². The van der Waals surface area contributed by atoms with Gasteiger partial charge in [-0.05, 0) is 66.6 Å². The van der Waals surface area contributed by atoms with Crippen molar-refractivity contribution in [1.29, 1.82) is 0 Å². The number of rotatable bonds is 10. The lowest BCUT2D eigenvalue weighted by molar-refractivity contribution is -0.122. The molecule has 5 rings (SSSR count). The second kappa shape index (κ2) is 13.2. The maximum atomic E-state index is 13.3. The number of halogens is 1. The van der Waals surface area contributed by atoms with Crippen LogP contribution in [0.1, 0.15) is 23.6 Å². The molecule has 0 bridgehead atoms. The van der Waals surface area contributed by atoms with Crippen LogP contribution in [0.25, 0.3) is 6.08 Å². The summed E-state index contributed by atoms with van der Waals surface area (Å²) in [6.45, 7) is 2.97. The van der Waals surface area contributed by atoms with Crippen LogP contribution < -0.4 is 24.4 Å². The molecule has 9 heteroatoms. The molecule has 1 saturated heterocycles. The van der Waals surface area contributed by atoms with E-state index in [4.69, 9.17) is 14.2 Å². The molecule has 0 saturated carbocycles. The van der Waals surface area contributed by atoms with E-state index in [-0.39, 0.29) is 12.2 Å². The van der Waals surface area contributed by atoms with E-state index in [0.29, 0.717) is 41.7 Å². The van der Waals surface area contributed by atoms with Gasteiger partial charge in [-0.3, -0.25) is 14.9 Å². The van der Waals surface area contributed by atoms with Gasteiger partial charge in [-0.15, -0.1) is 0 Å². The van der Waals surface area contributed by atoms with Crippen molar-refractivity contribution in [3.05, 3.63) is 124 Å². The molecule has 0 unspecified atom stereocenters. The van der Waals surface area contributed by atoms with E-state index in [1.165, 1.54) is 6.08 Å². The standard InChI is InChI=1S/C33H27BrN2O6/c1-2-40-30-17-23(13-15-29(30)42-20-22-9-5-3-6-10-22)21-41-28-16-14-25(34)18-24(28)19-27-31(37)35-33(39)36(32(27)38)26-11-7-4-8-12-26/h3-19H,2,20-21H2,1H3,(H,35,37,39)/b27-19-. The van der Waals surface area contributed by atoms with Crippen molar-refractivity contribution in [3.8, 4) is 17.2 Å². The summed E-state index contributed by atoms with van der Waals surface area (Å²) < 4.78 is 18.7. The number of imide groups is 2. The van der Waals surface area contributed by atoms with Gasteiger partial charge in [0, 0.05) is 10.0 Å². The number of barbiturate groups is 1. The van der Waals surface area contributed by atoms with Gasteiger partial charge < -0.3 is 14.2 Å². The first kappa shape index (κ1) is 28.6. The molecule has 212 valence electrons. The van der Waals surface area contributed by atoms with Crippen LogP contribution in [0.4, 0.5) is 10.5 Å². The van der Waals surface area contributed by atoms with Crippen molar-refractivity contribution in [2.24, 2.45) is 0 Å². The Bertz CT molecular complexity index is 1640. The summed E-state index contributed by atoms with van der Waals surface area (Å²) in [5.74, 6) is 0.154. The summed E-state index contributed by atoms with van der Waals surface area (Å²) in [6.07, 6.45) is 1.42. The zero-order valence-electron chi connectivity index (χ0n) is 22.7. The number of para-hydroxylation sites is 1. The highest BCUT2D eigenvalue weighted by Gasteiger charge is 2.36. The first-order valence-electron chi connectivity index (χ1n) is 13.2. The number of amides is 4. The van der Waals surface area contributed by atoms with Crippen molar-refractivity contribution in [3.63, 3.8) is 0 Å². The summed E-state index contributed by atoms with van der Waals surface area (Å²) >= 11 is 3.45. The largest absolute Gasteiger partial charge is 0.490 e. The molecule has 4 amide bonds. The molecule has 0 atom stereocenters. The maximum Gasteiger partial charge on any atom is 0.335 e. The van der Waals surface area contributed by atoms with Gasteiger partial charge in [-0.2, -0.15) is 0 Å². The van der Waals surface area contributed by atoms with E-state index in [9.17, 15) is 14.4 Å². The number of anilines is 1. The van der Waals surface area contributed by atoms with E-state index in [1.807, 2.05) is 55.5 Å². The molecule has 1 fully saturated rings. The number of carbonyl (C=O) groups is 3. The molecular formula is C33H27BrN2O6. The molecule has 0 radical (unpaired) electrons. The Morgan fingerprint density at radius 2 is 1.40 bits per heavy atom. The molecule has 0 aliphatic carbocycles. The fourth-order valence-electron chi connectivity index (χ4n) is 4.31. The van der Waals surface area contributed by atoms with Gasteiger partial charge in [0.1, 0.15) is 24.5 Å². The predicted octanol–water partition coefficient (Wildman–Crippen LogP) is 6.67. The Labute approximate surface area is 251 Å². The van der Waals surface area contributed by atoms with E-state index in [2.05, 4.69) is 21.2 Å². The predicted molar refractivity (Wildman–Crippen MR) is 162 cm³/mol. The molecule has 42 heavy (non-hydrogen) atoms. The van der Waals surface area contributed by atoms with Gasteiger partial charge in [-0.1, -0.05) is 70.5 Å². The molecule has 0 aromatic heterocycles. The Balaban J connectivity index is 1.36. The molecule has 1 aliphatic heterocycles. The SMILES string of the molecule is CCOc1cc(COc2ccc(Br)cc2/C=C2/C(=O)NC(=O)N(c3ccccc3)C2=O)ccc1OCc1ccccc1. The number of benzene rings is 4. The van der Waals surface area contributed by atoms with Crippen LogP contribution >= 0.6 is 15.9 Å². The van der Waals surface area contributed by atoms with Gasteiger partial charge in [0.25, 0.3) is 11.8 Å². The van der Waals surface area contributed by atoms with Crippen molar-refractivity contribution >= 4 is 45.5 Å². The average Bonchev–Trinajstić information content (AvgIpc) is 2.99. The van der Waals surface area contributed by atoms with Gasteiger partial charge in [0.2, 0.25) is 0 Å².